The Morgan fingerprint density at radius 2 is 0.537 bits per heavy atom. The van der Waals surface area contributed by atoms with Gasteiger partial charge in [0.25, 0.3) is 0 Å². The maximum absolute atomic E-state index is 11.8. The molecule has 0 saturated carbocycles. The molecule has 0 aromatic rings. The van der Waals surface area contributed by atoms with Crippen LogP contribution in [0.25, 0.3) is 0 Å². The van der Waals surface area contributed by atoms with Crippen LogP contribution in [-0.4, -0.2) is 25.2 Å². The van der Waals surface area contributed by atoms with Gasteiger partial charge in [-0.25, -0.2) is 0 Å². The predicted octanol–water partition coefficient (Wildman–Crippen LogP) is 12.2. The highest BCUT2D eigenvalue weighted by Gasteiger charge is 2.04. The third-order valence-electron chi connectivity index (χ3n) is 8.28. The maximum atomic E-state index is 11.8. The molecule has 0 radical (unpaired) electrons. The van der Waals surface area contributed by atoms with E-state index in [1.807, 2.05) is 0 Å². The summed E-state index contributed by atoms with van der Waals surface area (Å²) in [5.41, 5.74) is 0. The van der Waals surface area contributed by atoms with Crippen LogP contribution in [0.3, 0.4) is 0 Å². The molecule has 0 saturated heterocycles. The van der Waals surface area contributed by atoms with E-state index in [2.05, 4.69) is 13.8 Å². The molecule has 41 heavy (non-hydrogen) atoms. The van der Waals surface area contributed by atoms with Crippen molar-refractivity contribution >= 4 is 11.9 Å². The lowest BCUT2D eigenvalue weighted by molar-refractivity contribution is -0.144. The largest absolute Gasteiger partial charge is 0.466 e. The third kappa shape index (κ3) is 35.0. The van der Waals surface area contributed by atoms with E-state index in [4.69, 9.17) is 9.47 Å². The van der Waals surface area contributed by atoms with Gasteiger partial charge in [0, 0.05) is 12.8 Å². The molecule has 4 nitrogen and oxygen atoms in total. The van der Waals surface area contributed by atoms with Gasteiger partial charge >= 0.3 is 11.9 Å². The van der Waals surface area contributed by atoms with Crippen LogP contribution in [0.2, 0.25) is 0 Å². The summed E-state index contributed by atoms with van der Waals surface area (Å²) in [4.78, 5) is 23.6. The zero-order chi connectivity index (χ0) is 29.9. The second-order valence-electron chi connectivity index (χ2n) is 12.5. The number of hydrogen-bond donors (Lipinski definition) is 0. The van der Waals surface area contributed by atoms with Crippen molar-refractivity contribution in [2.75, 3.05) is 13.2 Å². The fourth-order valence-electron chi connectivity index (χ4n) is 5.47. The van der Waals surface area contributed by atoms with E-state index in [1.54, 1.807) is 0 Å². The van der Waals surface area contributed by atoms with Crippen LogP contribution in [0.4, 0.5) is 0 Å². The molecule has 0 aromatic carbocycles. The predicted molar refractivity (Wildman–Crippen MR) is 176 cm³/mol. The molecule has 0 spiro atoms. The first kappa shape index (κ1) is 39.9. The Balaban J connectivity index is 3.17. The molecule has 0 aliphatic carbocycles. The summed E-state index contributed by atoms with van der Waals surface area (Å²) in [5, 5.41) is 0. The molecular weight excluding hydrogens is 508 g/mol. The molecule has 0 bridgehead atoms. The molecule has 0 heterocycles. The molecule has 0 atom stereocenters. The molecule has 244 valence electrons. The normalized spacial score (nSPS) is 11.2. The van der Waals surface area contributed by atoms with Crippen LogP contribution in [-0.2, 0) is 19.1 Å². The van der Waals surface area contributed by atoms with Crippen molar-refractivity contribution < 1.29 is 19.1 Å². The van der Waals surface area contributed by atoms with E-state index < -0.39 is 0 Å². The lowest BCUT2D eigenvalue weighted by Crippen LogP contribution is -2.05. The minimum absolute atomic E-state index is 0.00590. The second kappa shape index (κ2) is 35.1. The first-order chi connectivity index (χ1) is 20.2. The van der Waals surface area contributed by atoms with Crippen LogP contribution in [0, 0.1) is 0 Å². The van der Waals surface area contributed by atoms with Crippen molar-refractivity contribution in [1.82, 2.24) is 0 Å². The highest BCUT2D eigenvalue weighted by atomic mass is 16.5. The van der Waals surface area contributed by atoms with E-state index in [0.717, 1.165) is 38.5 Å². The molecule has 0 rings (SSSR count). The SMILES string of the molecule is CCCCCCCCOC(=O)CCCCCCCCCCCCCCCCCCCC(=O)OCCCCCCCC. The summed E-state index contributed by atoms with van der Waals surface area (Å²) >= 11 is 0. The first-order valence-electron chi connectivity index (χ1n) is 18.5. The van der Waals surface area contributed by atoms with E-state index in [9.17, 15) is 9.59 Å². The fourth-order valence-corrected chi connectivity index (χ4v) is 5.47. The van der Waals surface area contributed by atoms with Crippen LogP contribution < -0.4 is 0 Å². The van der Waals surface area contributed by atoms with Gasteiger partial charge in [0.05, 0.1) is 13.2 Å². The lowest BCUT2D eigenvalue weighted by atomic mass is 10.0. The highest BCUT2D eigenvalue weighted by Crippen LogP contribution is 2.15. The summed E-state index contributed by atoms with van der Waals surface area (Å²) in [5.74, 6) is 0.0118. The summed E-state index contributed by atoms with van der Waals surface area (Å²) in [7, 11) is 0. The fraction of sp³-hybridized carbons (Fsp3) is 0.946. The van der Waals surface area contributed by atoms with Gasteiger partial charge in [0.15, 0.2) is 0 Å². The Morgan fingerprint density at radius 1 is 0.317 bits per heavy atom. The second-order valence-corrected chi connectivity index (χ2v) is 12.5. The van der Waals surface area contributed by atoms with Gasteiger partial charge < -0.3 is 9.47 Å². The summed E-state index contributed by atoms with van der Waals surface area (Å²) in [6.07, 6.45) is 37.8. The molecule has 0 aliphatic heterocycles. The molecule has 0 unspecified atom stereocenters. The molecule has 0 N–H and O–H groups in total. The number of carbonyl (C=O) groups excluding carboxylic acids is 2. The number of hydrogen-bond acceptors (Lipinski definition) is 4. The Hall–Kier alpha value is -1.06. The topological polar surface area (TPSA) is 52.6 Å². The minimum Gasteiger partial charge on any atom is -0.466 e. The quantitative estimate of drug-likeness (QED) is 0.0561. The standard InChI is InChI=1S/C37H72O4/c1-3-5-7-9-26-30-34-40-36(38)32-28-24-22-20-18-16-14-12-11-13-15-17-19-21-23-25-29-33-37(39)41-35-31-27-10-8-6-4-2/h3-35H2,1-2H3. The zero-order valence-electron chi connectivity index (χ0n) is 28.0. The van der Waals surface area contributed by atoms with Gasteiger partial charge in [-0.2, -0.15) is 0 Å². The van der Waals surface area contributed by atoms with Crippen molar-refractivity contribution in [2.45, 2.75) is 213 Å². The van der Waals surface area contributed by atoms with Gasteiger partial charge in [-0.3, -0.25) is 9.59 Å². The van der Waals surface area contributed by atoms with Gasteiger partial charge in [-0.1, -0.05) is 174 Å². The van der Waals surface area contributed by atoms with Crippen LogP contribution in [0.15, 0.2) is 0 Å². The van der Waals surface area contributed by atoms with Crippen molar-refractivity contribution in [3.63, 3.8) is 0 Å². The molecular formula is C37H72O4. The van der Waals surface area contributed by atoms with Crippen molar-refractivity contribution in [3.05, 3.63) is 0 Å². The Kier molecular flexibility index (Phi) is 34.2. The van der Waals surface area contributed by atoms with E-state index in [-0.39, 0.29) is 11.9 Å². The molecule has 0 aromatic heterocycles. The number of carbonyl (C=O) groups is 2. The summed E-state index contributed by atoms with van der Waals surface area (Å²) < 4.78 is 10.7. The van der Waals surface area contributed by atoms with E-state index >= 15 is 0 Å². The molecule has 0 aliphatic rings. The smallest absolute Gasteiger partial charge is 0.305 e. The van der Waals surface area contributed by atoms with Gasteiger partial charge in [-0.05, 0) is 25.7 Å². The van der Waals surface area contributed by atoms with E-state index in [1.165, 1.54) is 148 Å². The minimum atomic E-state index is 0.00590. The monoisotopic (exact) mass is 581 g/mol. The Morgan fingerprint density at radius 3 is 0.805 bits per heavy atom. The summed E-state index contributed by atoms with van der Waals surface area (Å²) in [6, 6.07) is 0. The summed E-state index contributed by atoms with van der Waals surface area (Å²) in [6.45, 7) is 5.70. The Labute approximate surface area is 256 Å². The molecule has 4 heteroatoms. The first-order valence-corrected chi connectivity index (χ1v) is 18.5. The average molecular weight is 581 g/mol. The average Bonchev–Trinajstić information content (AvgIpc) is 2.97. The van der Waals surface area contributed by atoms with Crippen LogP contribution in [0.5, 0.6) is 0 Å². The maximum Gasteiger partial charge on any atom is 0.305 e. The molecule has 0 amide bonds. The van der Waals surface area contributed by atoms with Crippen LogP contribution >= 0.6 is 0 Å². The van der Waals surface area contributed by atoms with Gasteiger partial charge in [0.2, 0.25) is 0 Å². The van der Waals surface area contributed by atoms with Crippen molar-refractivity contribution in [1.29, 1.82) is 0 Å². The number of ether oxygens (including phenoxy) is 2. The number of unbranched alkanes of at least 4 members (excludes halogenated alkanes) is 26. The molecule has 0 fully saturated rings. The third-order valence-corrected chi connectivity index (χ3v) is 8.28. The number of rotatable bonds is 34. The van der Waals surface area contributed by atoms with E-state index in [0.29, 0.717) is 26.1 Å². The van der Waals surface area contributed by atoms with Crippen molar-refractivity contribution in [3.8, 4) is 0 Å². The highest BCUT2D eigenvalue weighted by molar-refractivity contribution is 5.69. The zero-order valence-corrected chi connectivity index (χ0v) is 28.0. The van der Waals surface area contributed by atoms with Crippen LogP contribution in [0.1, 0.15) is 213 Å². The lowest BCUT2D eigenvalue weighted by Gasteiger charge is -2.06. The number of esters is 2. The van der Waals surface area contributed by atoms with Crippen molar-refractivity contribution in [2.24, 2.45) is 0 Å². The van der Waals surface area contributed by atoms with Gasteiger partial charge in [-0.15, -0.1) is 0 Å². The van der Waals surface area contributed by atoms with Gasteiger partial charge in [0.1, 0.15) is 0 Å². The Bertz CT molecular complexity index is 487.